The first-order valence-corrected chi connectivity index (χ1v) is 11.9. The number of nitrogens with zero attached hydrogens (tertiary/aromatic N) is 1. The lowest BCUT2D eigenvalue weighted by atomic mass is 9.90. The van der Waals surface area contributed by atoms with Crippen molar-refractivity contribution in [3.8, 4) is 0 Å². The maximum absolute atomic E-state index is 13.6. The van der Waals surface area contributed by atoms with Gasteiger partial charge in [-0.25, -0.2) is 18.1 Å². The molecule has 8 nitrogen and oxygen atoms in total. The van der Waals surface area contributed by atoms with E-state index < -0.39 is 37.4 Å². The van der Waals surface area contributed by atoms with E-state index in [1.54, 1.807) is 32.9 Å². The van der Waals surface area contributed by atoms with Crippen LogP contribution in [0.25, 0.3) is 0 Å². The van der Waals surface area contributed by atoms with Crippen molar-refractivity contribution < 1.29 is 32.4 Å². The Balaban J connectivity index is 1.92. The van der Waals surface area contributed by atoms with Crippen molar-refractivity contribution >= 4 is 21.5 Å². The lowest BCUT2D eigenvalue weighted by molar-refractivity contribution is -0.160. The molecule has 31 heavy (non-hydrogen) atoms. The van der Waals surface area contributed by atoms with E-state index in [0.29, 0.717) is 5.69 Å². The van der Waals surface area contributed by atoms with Crippen LogP contribution in [0.5, 0.6) is 0 Å². The number of hydrogen-bond acceptors (Lipinski definition) is 8. The number of rotatable bonds is 4. The Kier molecular flexibility index (Phi) is 5.97. The number of benzene rings is 1. The normalized spacial score (nSPS) is 22.9. The summed E-state index contributed by atoms with van der Waals surface area (Å²) in [4.78, 5) is 24.9. The van der Waals surface area contributed by atoms with E-state index in [2.05, 4.69) is 0 Å². The summed E-state index contributed by atoms with van der Waals surface area (Å²) in [5.74, 6) is -0.734. The summed E-state index contributed by atoms with van der Waals surface area (Å²) in [6.45, 7) is 13.2. The van der Waals surface area contributed by atoms with Crippen molar-refractivity contribution in [3.05, 3.63) is 24.3 Å². The largest absolute Gasteiger partial charge is 0.459 e. The zero-order valence-electron chi connectivity index (χ0n) is 19.4. The number of hydrogen-bond donors (Lipinski definition) is 0. The molecule has 9 heteroatoms. The summed E-state index contributed by atoms with van der Waals surface area (Å²) in [6.07, 6.45) is 0.0967. The van der Waals surface area contributed by atoms with Crippen LogP contribution in [-0.4, -0.2) is 49.2 Å². The standard InChI is InChI=1S/C22H33NO7S/c1-19(2,3)28-18(24)22(12-14-27-15-13-22)31(25,26)17-10-8-16(9-11-17)23-29-20(4,5)21(6,7)30-23/h8-11H,12-15H2,1-7H3. The second-order valence-electron chi connectivity index (χ2n) is 10.1. The predicted molar refractivity (Wildman–Crippen MR) is 115 cm³/mol. The van der Waals surface area contributed by atoms with Crippen molar-refractivity contribution in [2.45, 2.75) is 87.8 Å². The molecule has 0 radical (unpaired) electrons. The Morgan fingerprint density at radius 2 is 1.45 bits per heavy atom. The van der Waals surface area contributed by atoms with Gasteiger partial charge in [-0.3, -0.25) is 4.79 Å². The summed E-state index contributed by atoms with van der Waals surface area (Å²) in [6, 6.07) is 6.15. The molecule has 0 aliphatic carbocycles. The van der Waals surface area contributed by atoms with E-state index in [4.69, 9.17) is 19.1 Å². The average molecular weight is 456 g/mol. The topological polar surface area (TPSA) is 91.4 Å². The Morgan fingerprint density at radius 1 is 0.968 bits per heavy atom. The Bertz CT molecular complexity index is 908. The molecule has 2 aliphatic rings. The van der Waals surface area contributed by atoms with Crippen molar-refractivity contribution in [1.29, 1.82) is 0 Å². The summed E-state index contributed by atoms with van der Waals surface area (Å²) in [5, 5.41) is 1.30. The van der Waals surface area contributed by atoms with Crippen LogP contribution in [0, 0.1) is 0 Å². The van der Waals surface area contributed by atoms with Gasteiger partial charge in [0.05, 0.1) is 10.6 Å². The van der Waals surface area contributed by atoms with Gasteiger partial charge >= 0.3 is 5.97 Å². The molecule has 3 rings (SSSR count). The van der Waals surface area contributed by atoms with Gasteiger partial charge < -0.3 is 9.47 Å². The number of ether oxygens (including phenoxy) is 2. The highest BCUT2D eigenvalue weighted by Crippen LogP contribution is 2.41. The molecule has 0 N–H and O–H groups in total. The Labute approximate surface area is 184 Å². The molecule has 0 spiro atoms. The third-order valence-electron chi connectivity index (χ3n) is 6.02. The molecule has 0 bridgehead atoms. The molecule has 0 saturated carbocycles. The molecule has 2 aliphatic heterocycles. The van der Waals surface area contributed by atoms with Gasteiger partial charge in [-0.1, -0.05) is 0 Å². The molecule has 0 aromatic heterocycles. The van der Waals surface area contributed by atoms with E-state index in [1.807, 2.05) is 27.7 Å². The first-order valence-electron chi connectivity index (χ1n) is 10.5. The van der Waals surface area contributed by atoms with Gasteiger partial charge in [0, 0.05) is 26.1 Å². The summed E-state index contributed by atoms with van der Waals surface area (Å²) < 4.78 is 36.5. The Morgan fingerprint density at radius 3 is 1.90 bits per heavy atom. The summed E-state index contributed by atoms with van der Waals surface area (Å²) in [7, 11) is -4.04. The van der Waals surface area contributed by atoms with Gasteiger partial charge in [0.25, 0.3) is 0 Å². The minimum Gasteiger partial charge on any atom is -0.459 e. The highest BCUT2D eigenvalue weighted by Gasteiger charge is 2.54. The van der Waals surface area contributed by atoms with Crippen LogP contribution < -0.4 is 5.23 Å². The number of carbonyl (C=O) groups is 1. The highest BCUT2D eigenvalue weighted by atomic mass is 32.2. The van der Waals surface area contributed by atoms with E-state index in [9.17, 15) is 13.2 Å². The van der Waals surface area contributed by atoms with Gasteiger partial charge in [-0.2, -0.15) is 0 Å². The van der Waals surface area contributed by atoms with Gasteiger partial charge in [0.15, 0.2) is 14.6 Å². The molecular weight excluding hydrogens is 422 g/mol. The minimum absolute atomic E-state index is 0.0433. The zero-order valence-corrected chi connectivity index (χ0v) is 20.2. The van der Waals surface area contributed by atoms with Crippen LogP contribution in [0.4, 0.5) is 5.69 Å². The summed E-state index contributed by atoms with van der Waals surface area (Å²) >= 11 is 0. The number of sulfone groups is 1. The number of esters is 1. The monoisotopic (exact) mass is 455 g/mol. The minimum atomic E-state index is -4.04. The van der Waals surface area contributed by atoms with E-state index in [0.717, 1.165) is 0 Å². The SMILES string of the molecule is CC(C)(C)OC(=O)C1(S(=O)(=O)c2ccc(N3OC(C)(C)C(C)(C)O3)cc2)CCOCC1. The van der Waals surface area contributed by atoms with Crippen LogP contribution in [0.2, 0.25) is 0 Å². The van der Waals surface area contributed by atoms with Crippen molar-refractivity contribution in [2.24, 2.45) is 0 Å². The molecular formula is C22H33NO7S. The molecule has 0 atom stereocenters. The lowest BCUT2D eigenvalue weighted by Gasteiger charge is -2.36. The van der Waals surface area contributed by atoms with E-state index in [1.165, 1.54) is 17.4 Å². The number of carbonyl (C=O) groups excluding carboxylic acids is 1. The fourth-order valence-corrected chi connectivity index (χ4v) is 5.30. The van der Waals surface area contributed by atoms with Crippen LogP contribution in [0.1, 0.15) is 61.3 Å². The molecule has 1 aromatic rings. The molecule has 2 saturated heterocycles. The van der Waals surface area contributed by atoms with E-state index in [-0.39, 0.29) is 31.0 Å². The predicted octanol–water partition coefficient (Wildman–Crippen LogP) is 3.59. The number of anilines is 1. The lowest BCUT2D eigenvalue weighted by Crippen LogP contribution is -2.53. The Hall–Kier alpha value is -1.68. The molecule has 1 aromatic carbocycles. The van der Waals surface area contributed by atoms with E-state index >= 15 is 0 Å². The maximum Gasteiger partial charge on any atom is 0.328 e. The third-order valence-corrected chi connectivity index (χ3v) is 8.51. The summed E-state index contributed by atoms with van der Waals surface area (Å²) in [5.41, 5.74) is -1.39. The first-order chi connectivity index (χ1) is 14.1. The zero-order chi connectivity index (χ0) is 23.3. The smallest absolute Gasteiger partial charge is 0.328 e. The van der Waals surface area contributed by atoms with Crippen molar-refractivity contribution in [3.63, 3.8) is 0 Å². The second kappa shape index (κ2) is 7.72. The third kappa shape index (κ3) is 4.33. The van der Waals surface area contributed by atoms with Gasteiger partial charge in [0.1, 0.15) is 16.8 Å². The average Bonchev–Trinajstić information content (AvgIpc) is 2.88. The quantitative estimate of drug-likeness (QED) is 0.636. The van der Waals surface area contributed by atoms with Gasteiger partial charge in [-0.05, 0) is 72.7 Å². The van der Waals surface area contributed by atoms with Crippen LogP contribution in [0.15, 0.2) is 29.2 Å². The van der Waals surface area contributed by atoms with Gasteiger partial charge in [0.2, 0.25) is 0 Å². The molecule has 174 valence electrons. The highest BCUT2D eigenvalue weighted by molar-refractivity contribution is 7.93. The molecule has 0 unspecified atom stereocenters. The van der Waals surface area contributed by atoms with Crippen LogP contribution in [-0.2, 0) is 33.8 Å². The van der Waals surface area contributed by atoms with Crippen LogP contribution in [0.3, 0.4) is 0 Å². The molecule has 2 heterocycles. The maximum atomic E-state index is 13.6. The van der Waals surface area contributed by atoms with Crippen LogP contribution >= 0.6 is 0 Å². The van der Waals surface area contributed by atoms with Gasteiger partial charge in [-0.15, -0.1) is 5.23 Å². The fourth-order valence-electron chi connectivity index (χ4n) is 3.39. The second-order valence-corrected chi connectivity index (χ2v) is 12.3. The first kappa shape index (κ1) is 24.0. The molecule has 2 fully saturated rings. The fraction of sp³-hybridized carbons (Fsp3) is 0.682. The molecule has 0 amide bonds. The van der Waals surface area contributed by atoms with Crippen molar-refractivity contribution in [2.75, 3.05) is 18.4 Å². The van der Waals surface area contributed by atoms with Crippen molar-refractivity contribution in [1.82, 2.24) is 0 Å².